The second-order valence-corrected chi connectivity index (χ2v) is 6.15. The van der Waals surface area contributed by atoms with Crippen molar-refractivity contribution in [2.45, 2.75) is 51.6 Å². The molecule has 0 spiro atoms. The standard InChI is InChI=1S/C19H31N5O7/c1-4-29-16(27)19(24-13(3)25,17(28)30-5-2)10-6-7-12-31-15(26)14(20)9-8-11-23-18(21)22/h14H,4-5,7-9,11-12,20H2,1-3H3,(H,24,25)(H4,21,22,23)/t14-/m0/s1. The molecule has 0 aromatic rings. The van der Waals surface area contributed by atoms with E-state index in [-0.39, 0.29) is 32.2 Å². The van der Waals surface area contributed by atoms with Crippen molar-refractivity contribution in [3.05, 3.63) is 0 Å². The van der Waals surface area contributed by atoms with E-state index in [1.54, 1.807) is 0 Å². The number of nitrogens with one attached hydrogen (secondary N) is 1. The van der Waals surface area contributed by atoms with Crippen molar-refractivity contribution in [2.24, 2.45) is 22.2 Å². The Morgan fingerprint density at radius 1 is 1.06 bits per heavy atom. The van der Waals surface area contributed by atoms with E-state index in [4.69, 9.17) is 31.4 Å². The van der Waals surface area contributed by atoms with Crippen LogP contribution < -0.4 is 22.5 Å². The third-order valence-electron chi connectivity index (χ3n) is 3.54. The summed E-state index contributed by atoms with van der Waals surface area (Å²) in [5, 5.41) is 2.20. The molecular formula is C19H31N5O7. The number of guanidine groups is 1. The molecule has 0 bridgehead atoms. The Morgan fingerprint density at radius 2 is 1.65 bits per heavy atom. The molecule has 0 saturated heterocycles. The molecule has 31 heavy (non-hydrogen) atoms. The average Bonchev–Trinajstić information content (AvgIpc) is 2.69. The van der Waals surface area contributed by atoms with Gasteiger partial charge in [0.05, 0.1) is 13.2 Å². The van der Waals surface area contributed by atoms with Crippen LogP contribution >= 0.6 is 0 Å². The lowest BCUT2D eigenvalue weighted by Crippen LogP contribution is -2.60. The lowest BCUT2D eigenvalue weighted by Gasteiger charge is -2.24. The summed E-state index contributed by atoms with van der Waals surface area (Å²) < 4.78 is 14.8. The van der Waals surface area contributed by atoms with Gasteiger partial charge in [-0.1, -0.05) is 11.8 Å². The first-order valence-corrected chi connectivity index (χ1v) is 9.71. The third-order valence-corrected chi connectivity index (χ3v) is 3.54. The lowest BCUT2D eigenvalue weighted by molar-refractivity contribution is -0.164. The van der Waals surface area contributed by atoms with E-state index in [1.807, 2.05) is 0 Å². The van der Waals surface area contributed by atoms with Crippen LogP contribution in [-0.4, -0.2) is 67.7 Å². The Labute approximate surface area is 181 Å². The summed E-state index contributed by atoms with van der Waals surface area (Å²) in [5.41, 5.74) is 13.8. The number of carbonyl (C=O) groups is 4. The second-order valence-electron chi connectivity index (χ2n) is 6.15. The third kappa shape index (κ3) is 10.3. The van der Waals surface area contributed by atoms with Crippen molar-refractivity contribution < 1.29 is 33.4 Å². The van der Waals surface area contributed by atoms with Gasteiger partial charge in [0.25, 0.3) is 5.54 Å². The van der Waals surface area contributed by atoms with E-state index < -0.39 is 35.4 Å². The number of carbonyl (C=O) groups excluding carboxylic acids is 4. The number of hydrogen-bond acceptors (Lipinski definition) is 9. The zero-order valence-electron chi connectivity index (χ0n) is 18.1. The molecular weight excluding hydrogens is 410 g/mol. The van der Waals surface area contributed by atoms with Crippen LogP contribution in [0, 0.1) is 11.8 Å². The van der Waals surface area contributed by atoms with Gasteiger partial charge >= 0.3 is 17.9 Å². The van der Waals surface area contributed by atoms with E-state index >= 15 is 0 Å². The van der Waals surface area contributed by atoms with Crippen molar-refractivity contribution in [1.82, 2.24) is 5.32 Å². The Hall–Kier alpha value is -3.33. The number of rotatable bonds is 12. The summed E-state index contributed by atoms with van der Waals surface area (Å²) in [6.07, 6.45) is 0.775. The monoisotopic (exact) mass is 441 g/mol. The molecule has 7 N–H and O–H groups in total. The van der Waals surface area contributed by atoms with Gasteiger partial charge in [-0.2, -0.15) is 0 Å². The molecule has 1 atom stereocenters. The van der Waals surface area contributed by atoms with Crippen LogP contribution in [0.5, 0.6) is 0 Å². The topological polar surface area (TPSA) is 198 Å². The van der Waals surface area contributed by atoms with Gasteiger partial charge in [-0.3, -0.25) is 14.6 Å². The zero-order valence-corrected chi connectivity index (χ0v) is 18.1. The molecule has 0 heterocycles. The van der Waals surface area contributed by atoms with Crippen molar-refractivity contribution in [3.63, 3.8) is 0 Å². The van der Waals surface area contributed by atoms with Crippen LogP contribution in [-0.2, 0) is 33.4 Å². The largest absolute Gasteiger partial charge is 0.464 e. The normalized spacial score (nSPS) is 11.2. The summed E-state index contributed by atoms with van der Waals surface area (Å²) in [5.74, 6) is 1.41. The average molecular weight is 441 g/mol. The molecule has 174 valence electrons. The first-order chi connectivity index (χ1) is 14.6. The Bertz CT molecular complexity index is 705. The molecule has 0 aliphatic carbocycles. The second kappa shape index (κ2) is 14.6. The summed E-state index contributed by atoms with van der Waals surface area (Å²) in [6.45, 7) is 4.30. The highest BCUT2D eigenvalue weighted by Gasteiger charge is 2.49. The molecule has 0 aliphatic heterocycles. The van der Waals surface area contributed by atoms with Gasteiger partial charge in [-0.15, -0.1) is 0 Å². The van der Waals surface area contributed by atoms with Gasteiger partial charge in [0.1, 0.15) is 12.6 Å². The number of aliphatic imine (C=N–C) groups is 1. The number of nitrogens with two attached hydrogens (primary N) is 3. The molecule has 12 nitrogen and oxygen atoms in total. The minimum atomic E-state index is -2.32. The van der Waals surface area contributed by atoms with E-state index in [9.17, 15) is 19.2 Å². The Morgan fingerprint density at radius 3 is 2.13 bits per heavy atom. The van der Waals surface area contributed by atoms with Gasteiger partial charge in [0.2, 0.25) is 5.91 Å². The number of esters is 3. The van der Waals surface area contributed by atoms with E-state index in [0.29, 0.717) is 19.4 Å². The predicted molar refractivity (Wildman–Crippen MR) is 111 cm³/mol. The number of nitrogens with zero attached hydrogens (tertiary/aromatic N) is 1. The van der Waals surface area contributed by atoms with Crippen molar-refractivity contribution >= 4 is 29.8 Å². The lowest BCUT2D eigenvalue weighted by atomic mass is 10.00. The molecule has 0 radical (unpaired) electrons. The van der Waals surface area contributed by atoms with Crippen LogP contribution in [0.4, 0.5) is 0 Å². The fraction of sp³-hybridized carbons (Fsp3) is 0.632. The van der Waals surface area contributed by atoms with Crippen molar-refractivity contribution in [3.8, 4) is 11.8 Å². The first kappa shape index (κ1) is 27.7. The minimum Gasteiger partial charge on any atom is -0.464 e. The van der Waals surface area contributed by atoms with Gasteiger partial charge in [-0.25, -0.2) is 9.59 Å². The SMILES string of the molecule is CCOC(=O)C(C#CCCOC(=O)[C@@H](N)CCCN=C(N)N)(NC(C)=O)C(=O)OCC. The highest BCUT2D eigenvalue weighted by atomic mass is 16.6. The molecule has 1 amide bonds. The Kier molecular flexibility index (Phi) is 13.1. The van der Waals surface area contributed by atoms with Gasteiger partial charge in [0.15, 0.2) is 5.96 Å². The first-order valence-electron chi connectivity index (χ1n) is 9.71. The van der Waals surface area contributed by atoms with Crippen LogP contribution in [0.1, 0.15) is 40.0 Å². The summed E-state index contributed by atoms with van der Waals surface area (Å²) in [6, 6.07) is -0.861. The summed E-state index contributed by atoms with van der Waals surface area (Å²) in [7, 11) is 0. The van der Waals surface area contributed by atoms with Gasteiger partial charge in [-0.05, 0) is 26.7 Å². The van der Waals surface area contributed by atoms with Crippen LogP contribution in [0.3, 0.4) is 0 Å². The summed E-state index contributed by atoms with van der Waals surface area (Å²) in [4.78, 5) is 52.0. The van der Waals surface area contributed by atoms with Crippen LogP contribution in [0.25, 0.3) is 0 Å². The molecule has 12 heteroatoms. The van der Waals surface area contributed by atoms with E-state index in [2.05, 4.69) is 22.2 Å². The minimum absolute atomic E-state index is 0.0351. The van der Waals surface area contributed by atoms with Crippen molar-refractivity contribution in [1.29, 1.82) is 0 Å². The molecule has 0 aliphatic rings. The molecule has 0 fully saturated rings. The number of ether oxygens (including phenoxy) is 3. The highest BCUT2D eigenvalue weighted by molar-refractivity contribution is 6.11. The molecule has 0 saturated carbocycles. The molecule has 0 rings (SSSR count). The fourth-order valence-electron chi connectivity index (χ4n) is 2.20. The maximum Gasteiger partial charge on any atom is 0.356 e. The van der Waals surface area contributed by atoms with E-state index in [1.165, 1.54) is 13.8 Å². The molecule has 0 aromatic heterocycles. The predicted octanol–water partition coefficient (Wildman–Crippen LogP) is -1.69. The zero-order chi connectivity index (χ0) is 23.9. The number of hydrogen-bond donors (Lipinski definition) is 4. The van der Waals surface area contributed by atoms with Crippen LogP contribution in [0.2, 0.25) is 0 Å². The highest BCUT2D eigenvalue weighted by Crippen LogP contribution is 2.11. The smallest absolute Gasteiger partial charge is 0.356 e. The molecule has 0 unspecified atom stereocenters. The van der Waals surface area contributed by atoms with Crippen LogP contribution in [0.15, 0.2) is 4.99 Å². The Balaban J connectivity index is 5.03. The fourth-order valence-corrected chi connectivity index (χ4v) is 2.20. The van der Waals surface area contributed by atoms with Gasteiger partial charge < -0.3 is 36.7 Å². The number of amides is 1. The summed E-state index contributed by atoms with van der Waals surface area (Å²) >= 11 is 0. The molecule has 0 aromatic carbocycles. The van der Waals surface area contributed by atoms with Gasteiger partial charge in [0, 0.05) is 19.9 Å². The quantitative estimate of drug-likeness (QED) is 0.0515. The maximum absolute atomic E-state index is 12.4. The maximum atomic E-state index is 12.4. The van der Waals surface area contributed by atoms with Crippen molar-refractivity contribution in [2.75, 3.05) is 26.4 Å². The van der Waals surface area contributed by atoms with E-state index in [0.717, 1.165) is 6.92 Å².